The van der Waals surface area contributed by atoms with Gasteiger partial charge in [-0.3, -0.25) is 4.79 Å². The highest BCUT2D eigenvalue weighted by molar-refractivity contribution is 5.92. The zero-order valence-corrected chi connectivity index (χ0v) is 17.6. The van der Waals surface area contributed by atoms with Gasteiger partial charge >= 0.3 is 0 Å². The molecule has 0 fully saturated rings. The summed E-state index contributed by atoms with van der Waals surface area (Å²) < 4.78 is 0. The van der Waals surface area contributed by atoms with Gasteiger partial charge in [-0.25, -0.2) is 0 Å². The maximum Gasteiger partial charge on any atom is 0.248 e. The minimum atomic E-state index is 0.000438. The van der Waals surface area contributed by atoms with Crippen LogP contribution in [0.2, 0.25) is 0 Å². The Balaban J connectivity index is 3.49. The molecule has 0 rings (SSSR count). The fourth-order valence-electron chi connectivity index (χ4n) is 3.06. The van der Waals surface area contributed by atoms with Gasteiger partial charge in [-0.15, -0.1) is 0 Å². The molecule has 0 aliphatic rings. The minimum absolute atomic E-state index is 0.000438. The van der Waals surface area contributed by atoms with Crippen molar-refractivity contribution in [3.63, 3.8) is 0 Å². The van der Waals surface area contributed by atoms with Crippen molar-refractivity contribution in [3.05, 3.63) is 0 Å². The third-order valence-corrected chi connectivity index (χ3v) is 4.52. The number of rotatable bonds is 14. The molecule has 0 N–H and O–H groups in total. The molecule has 148 valence electrons. The number of nitrogens with zero attached hydrogens (tertiary/aromatic N) is 3. The fraction of sp³-hybridized carbons (Fsp3) is 0.905. The van der Waals surface area contributed by atoms with Gasteiger partial charge in [0.1, 0.15) is 0 Å². The highest BCUT2D eigenvalue weighted by Crippen LogP contribution is 2.13. The normalized spacial score (nSPS) is 10.6. The van der Waals surface area contributed by atoms with E-state index in [9.17, 15) is 4.79 Å². The minimum Gasteiger partial charge on any atom is -0.349 e. The van der Waals surface area contributed by atoms with Crippen LogP contribution in [-0.2, 0) is 4.79 Å². The summed E-state index contributed by atoms with van der Waals surface area (Å²) in [7, 11) is 7.66. The molecule has 0 aliphatic heterocycles. The summed E-state index contributed by atoms with van der Waals surface area (Å²) in [4.78, 5) is 19.9. The number of hydrogen-bond donors (Lipinski definition) is 0. The van der Waals surface area contributed by atoms with Crippen LogP contribution in [0.25, 0.3) is 0 Å². The quantitative estimate of drug-likeness (QED) is 0.236. The van der Waals surface area contributed by atoms with Crippen molar-refractivity contribution >= 4 is 11.9 Å². The summed E-state index contributed by atoms with van der Waals surface area (Å²) in [5.41, 5.74) is 0. The lowest BCUT2D eigenvalue weighted by Gasteiger charge is -2.22. The largest absolute Gasteiger partial charge is 0.349 e. The van der Waals surface area contributed by atoms with E-state index in [1.807, 2.05) is 38.0 Å². The number of carbonyl (C=O) groups excluding carboxylic acids is 1. The van der Waals surface area contributed by atoms with Crippen LogP contribution >= 0.6 is 0 Å². The van der Waals surface area contributed by atoms with Crippen LogP contribution in [0, 0.1) is 0 Å². The van der Waals surface area contributed by atoms with Gasteiger partial charge in [0, 0.05) is 34.6 Å². The topological polar surface area (TPSA) is 35.9 Å². The van der Waals surface area contributed by atoms with Crippen LogP contribution in [0.15, 0.2) is 4.99 Å². The summed E-state index contributed by atoms with van der Waals surface area (Å²) in [6.07, 6.45) is 17.8. The molecule has 4 nitrogen and oxygen atoms in total. The van der Waals surface area contributed by atoms with Crippen molar-refractivity contribution in [2.75, 3.05) is 28.2 Å². The monoisotopic (exact) mass is 353 g/mol. The van der Waals surface area contributed by atoms with Crippen molar-refractivity contribution in [1.29, 1.82) is 0 Å². The summed E-state index contributed by atoms with van der Waals surface area (Å²) in [6.45, 7) is 2.27. The summed E-state index contributed by atoms with van der Waals surface area (Å²) in [6, 6.07) is 0. The van der Waals surface area contributed by atoms with Gasteiger partial charge in [0.05, 0.1) is 0 Å². The number of guanidine groups is 1. The Hall–Kier alpha value is -1.06. The zero-order valence-electron chi connectivity index (χ0n) is 17.6. The summed E-state index contributed by atoms with van der Waals surface area (Å²) in [5, 5.41) is 0. The number of aliphatic imine (C=N–C) groups is 1. The second-order valence-corrected chi connectivity index (χ2v) is 7.59. The van der Waals surface area contributed by atoms with Crippen LogP contribution in [-0.4, -0.2) is 49.9 Å². The Morgan fingerprint density at radius 2 is 1.00 bits per heavy atom. The lowest BCUT2D eigenvalue weighted by molar-refractivity contribution is -0.118. The van der Waals surface area contributed by atoms with Gasteiger partial charge in [0.25, 0.3) is 0 Å². The third-order valence-electron chi connectivity index (χ3n) is 4.52. The molecule has 0 aliphatic carbocycles. The Labute approximate surface area is 157 Å². The molecule has 0 saturated carbocycles. The Morgan fingerprint density at radius 1 is 0.640 bits per heavy atom. The van der Waals surface area contributed by atoms with Gasteiger partial charge < -0.3 is 9.80 Å². The maximum atomic E-state index is 11.9. The highest BCUT2D eigenvalue weighted by atomic mass is 16.1. The number of amides is 1. The first kappa shape index (κ1) is 23.9. The lowest BCUT2D eigenvalue weighted by Crippen LogP contribution is -2.36. The molecule has 0 bridgehead atoms. The maximum absolute atomic E-state index is 11.9. The Morgan fingerprint density at radius 3 is 1.36 bits per heavy atom. The van der Waals surface area contributed by atoms with Gasteiger partial charge in [0.2, 0.25) is 11.9 Å². The number of hydrogen-bond acceptors (Lipinski definition) is 1. The van der Waals surface area contributed by atoms with E-state index in [4.69, 9.17) is 0 Å². The Kier molecular flexibility index (Phi) is 15.7. The molecule has 0 heterocycles. The van der Waals surface area contributed by atoms with E-state index in [0.29, 0.717) is 6.42 Å². The molecule has 4 heteroatoms. The molecule has 1 amide bonds. The van der Waals surface area contributed by atoms with Crippen LogP contribution in [0.1, 0.15) is 96.8 Å². The average molecular weight is 354 g/mol. The molecule has 0 aromatic heterocycles. The molecule has 0 atom stereocenters. The first-order valence-electron chi connectivity index (χ1n) is 10.4. The fourth-order valence-corrected chi connectivity index (χ4v) is 3.06. The van der Waals surface area contributed by atoms with Crippen LogP contribution in [0.5, 0.6) is 0 Å². The molecule has 0 radical (unpaired) electrons. The molecule has 0 aromatic carbocycles. The van der Waals surface area contributed by atoms with Gasteiger partial charge in [-0.05, 0) is 6.42 Å². The number of unbranched alkanes of at least 4 members (excludes halogenated alkanes) is 12. The second-order valence-electron chi connectivity index (χ2n) is 7.59. The van der Waals surface area contributed by atoms with E-state index in [-0.39, 0.29) is 5.91 Å². The Bertz CT molecular complexity index is 341. The molecule has 0 spiro atoms. The highest BCUT2D eigenvalue weighted by Gasteiger charge is 2.08. The molecule has 0 unspecified atom stereocenters. The second kappa shape index (κ2) is 16.4. The van der Waals surface area contributed by atoms with Crippen LogP contribution in [0.4, 0.5) is 0 Å². The predicted octanol–water partition coefficient (Wildman–Crippen LogP) is 5.47. The summed E-state index contributed by atoms with van der Waals surface area (Å²) in [5.74, 6) is 0.722. The van der Waals surface area contributed by atoms with Crippen molar-refractivity contribution in [2.45, 2.75) is 96.8 Å². The summed E-state index contributed by atoms with van der Waals surface area (Å²) >= 11 is 0. The van der Waals surface area contributed by atoms with Crippen LogP contribution < -0.4 is 0 Å². The van der Waals surface area contributed by atoms with Gasteiger partial charge in [0.15, 0.2) is 0 Å². The molecule has 0 aromatic rings. The average Bonchev–Trinajstić information content (AvgIpc) is 2.56. The predicted molar refractivity (Wildman–Crippen MR) is 110 cm³/mol. The van der Waals surface area contributed by atoms with E-state index >= 15 is 0 Å². The van der Waals surface area contributed by atoms with Crippen molar-refractivity contribution in [2.24, 2.45) is 4.99 Å². The van der Waals surface area contributed by atoms with Gasteiger partial charge in [-0.2, -0.15) is 4.99 Å². The van der Waals surface area contributed by atoms with E-state index < -0.39 is 0 Å². The van der Waals surface area contributed by atoms with E-state index in [1.54, 1.807) is 0 Å². The van der Waals surface area contributed by atoms with Gasteiger partial charge in [-0.1, -0.05) is 84.0 Å². The number of carbonyl (C=O) groups is 1. The SMILES string of the molecule is CCCCCCCCCCCCCCCC(=O)N=C(N(C)C)N(C)C. The molecule has 0 saturated heterocycles. The van der Waals surface area contributed by atoms with Crippen molar-refractivity contribution in [3.8, 4) is 0 Å². The third kappa shape index (κ3) is 14.9. The zero-order chi connectivity index (χ0) is 18.9. The lowest BCUT2D eigenvalue weighted by atomic mass is 10.0. The smallest absolute Gasteiger partial charge is 0.248 e. The van der Waals surface area contributed by atoms with E-state index in [2.05, 4.69) is 11.9 Å². The van der Waals surface area contributed by atoms with E-state index in [0.717, 1.165) is 18.8 Å². The molecule has 25 heavy (non-hydrogen) atoms. The molecular formula is C21H43N3O. The standard InChI is InChI=1S/C21H43N3O/c1-6-7-8-9-10-11-12-13-14-15-16-17-18-19-20(25)22-21(23(2)3)24(4)5/h6-19H2,1-5H3. The first-order chi connectivity index (χ1) is 12.0. The first-order valence-corrected chi connectivity index (χ1v) is 10.4. The van der Waals surface area contributed by atoms with Crippen molar-refractivity contribution < 1.29 is 4.79 Å². The molecular weight excluding hydrogens is 310 g/mol. The van der Waals surface area contributed by atoms with E-state index in [1.165, 1.54) is 70.6 Å². The van der Waals surface area contributed by atoms with Crippen LogP contribution in [0.3, 0.4) is 0 Å². The van der Waals surface area contributed by atoms with Crippen molar-refractivity contribution in [1.82, 2.24) is 9.80 Å².